The van der Waals surface area contributed by atoms with Crippen molar-refractivity contribution in [1.29, 1.82) is 0 Å². The van der Waals surface area contributed by atoms with Gasteiger partial charge in [0.1, 0.15) is 5.82 Å². The average Bonchev–Trinajstić information content (AvgIpc) is 2.74. The van der Waals surface area contributed by atoms with Crippen LogP contribution in [0.5, 0.6) is 0 Å². The summed E-state index contributed by atoms with van der Waals surface area (Å²) in [6.45, 7) is 0.994. The van der Waals surface area contributed by atoms with Crippen molar-refractivity contribution in [3.05, 3.63) is 53.2 Å². The highest BCUT2D eigenvalue weighted by atomic mass is 35.5. The van der Waals surface area contributed by atoms with Crippen molar-refractivity contribution in [2.45, 2.75) is 6.42 Å². The normalized spacial score (nSPS) is 13.9. The number of aromatic nitrogens is 1. The molecule has 80 valence electrons. The van der Waals surface area contributed by atoms with E-state index in [1.54, 1.807) is 6.20 Å². The second-order valence-electron chi connectivity index (χ2n) is 3.86. The third kappa shape index (κ3) is 1.55. The molecule has 1 aromatic heterocycles. The van der Waals surface area contributed by atoms with E-state index in [0.717, 1.165) is 18.8 Å². The van der Waals surface area contributed by atoms with Crippen LogP contribution in [-0.2, 0) is 6.42 Å². The lowest BCUT2D eigenvalue weighted by molar-refractivity contribution is 0.974. The van der Waals surface area contributed by atoms with Crippen molar-refractivity contribution in [3.8, 4) is 0 Å². The molecule has 0 spiro atoms. The van der Waals surface area contributed by atoms with Crippen molar-refractivity contribution in [2.24, 2.45) is 0 Å². The fourth-order valence-electron chi connectivity index (χ4n) is 2.10. The molecule has 3 rings (SSSR count). The zero-order chi connectivity index (χ0) is 11.0. The predicted octanol–water partition coefficient (Wildman–Crippen LogP) is 3.43. The molecule has 0 amide bonds. The zero-order valence-corrected chi connectivity index (χ0v) is 9.48. The summed E-state index contributed by atoms with van der Waals surface area (Å²) in [7, 11) is 0. The molecular formula is C13H11ClN2. The summed E-state index contributed by atoms with van der Waals surface area (Å²) in [6.07, 6.45) is 2.78. The lowest BCUT2D eigenvalue weighted by Crippen LogP contribution is -2.14. The van der Waals surface area contributed by atoms with Crippen LogP contribution in [0.25, 0.3) is 0 Å². The second-order valence-corrected chi connectivity index (χ2v) is 4.30. The molecular weight excluding hydrogens is 220 g/mol. The van der Waals surface area contributed by atoms with Crippen LogP contribution in [0.3, 0.4) is 0 Å². The van der Waals surface area contributed by atoms with E-state index in [1.807, 2.05) is 12.1 Å². The van der Waals surface area contributed by atoms with E-state index in [9.17, 15) is 0 Å². The fourth-order valence-corrected chi connectivity index (χ4v) is 2.22. The van der Waals surface area contributed by atoms with E-state index in [4.69, 9.17) is 11.6 Å². The molecule has 1 aliphatic heterocycles. The summed E-state index contributed by atoms with van der Waals surface area (Å²) >= 11 is 5.84. The maximum atomic E-state index is 5.84. The van der Waals surface area contributed by atoms with Gasteiger partial charge in [0.05, 0.1) is 5.02 Å². The lowest BCUT2D eigenvalue weighted by atomic mass is 10.2. The molecule has 0 radical (unpaired) electrons. The minimum absolute atomic E-state index is 0.677. The Kier molecular flexibility index (Phi) is 2.29. The number of fused-ring (bicyclic) bond motifs is 1. The Morgan fingerprint density at radius 3 is 2.81 bits per heavy atom. The first-order valence-corrected chi connectivity index (χ1v) is 5.69. The van der Waals surface area contributed by atoms with E-state index in [0.29, 0.717) is 5.02 Å². The molecule has 2 heterocycles. The van der Waals surface area contributed by atoms with Gasteiger partial charge in [-0.2, -0.15) is 0 Å². The van der Waals surface area contributed by atoms with Gasteiger partial charge in [-0.3, -0.25) is 0 Å². The van der Waals surface area contributed by atoms with Gasteiger partial charge in [0.15, 0.2) is 0 Å². The summed E-state index contributed by atoms with van der Waals surface area (Å²) in [4.78, 5) is 6.58. The number of halogens is 1. The van der Waals surface area contributed by atoms with E-state index in [2.05, 4.69) is 34.1 Å². The van der Waals surface area contributed by atoms with Gasteiger partial charge in [0, 0.05) is 18.4 Å². The van der Waals surface area contributed by atoms with Gasteiger partial charge < -0.3 is 4.90 Å². The van der Waals surface area contributed by atoms with Crippen LogP contribution >= 0.6 is 11.6 Å². The Morgan fingerprint density at radius 1 is 1.12 bits per heavy atom. The van der Waals surface area contributed by atoms with E-state index in [-0.39, 0.29) is 0 Å². The number of nitrogens with zero attached hydrogens (tertiary/aromatic N) is 2. The topological polar surface area (TPSA) is 16.1 Å². The van der Waals surface area contributed by atoms with Gasteiger partial charge >= 0.3 is 0 Å². The Morgan fingerprint density at radius 2 is 2.00 bits per heavy atom. The lowest BCUT2D eigenvalue weighted by Gasteiger charge is -2.17. The number of hydrogen-bond acceptors (Lipinski definition) is 2. The quantitative estimate of drug-likeness (QED) is 0.746. The first-order valence-electron chi connectivity index (χ1n) is 5.31. The monoisotopic (exact) mass is 230 g/mol. The highest BCUT2D eigenvalue weighted by Gasteiger charge is 2.20. The van der Waals surface area contributed by atoms with Gasteiger partial charge in [0.2, 0.25) is 0 Å². The van der Waals surface area contributed by atoms with Gasteiger partial charge in [-0.15, -0.1) is 0 Å². The third-order valence-corrected chi connectivity index (χ3v) is 3.10. The van der Waals surface area contributed by atoms with Crippen LogP contribution < -0.4 is 4.90 Å². The Bertz CT molecular complexity index is 508. The zero-order valence-electron chi connectivity index (χ0n) is 8.73. The van der Waals surface area contributed by atoms with Crippen LogP contribution in [-0.4, -0.2) is 11.5 Å². The van der Waals surface area contributed by atoms with E-state index >= 15 is 0 Å². The largest absolute Gasteiger partial charge is 0.326 e. The minimum Gasteiger partial charge on any atom is -0.326 e. The average molecular weight is 231 g/mol. The summed E-state index contributed by atoms with van der Waals surface area (Å²) < 4.78 is 0. The minimum atomic E-state index is 0.677. The molecule has 3 heteroatoms. The smallest absolute Gasteiger partial charge is 0.133 e. The maximum Gasteiger partial charge on any atom is 0.133 e. The molecule has 2 aromatic rings. The molecule has 0 saturated carbocycles. The van der Waals surface area contributed by atoms with Crippen molar-refractivity contribution in [1.82, 2.24) is 4.98 Å². The highest BCUT2D eigenvalue weighted by molar-refractivity contribution is 6.30. The summed E-state index contributed by atoms with van der Waals surface area (Å²) in [5.74, 6) is 0.967. The highest BCUT2D eigenvalue weighted by Crippen LogP contribution is 2.33. The van der Waals surface area contributed by atoms with Crippen LogP contribution in [0.15, 0.2) is 42.6 Å². The molecule has 0 bridgehead atoms. The Labute approximate surface area is 99.5 Å². The Hall–Kier alpha value is -1.54. The molecule has 0 fully saturated rings. The number of hydrogen-bond donors (Lipinski definition) is 0. The summed E-state index contributed by atoms with van der Waals surface area (Å²) in [5.41, 5.74) is 2.65. The number of benzene rings is 1. The van der Waals surface area contributed by atoms with Gasteiger partial charge in [0.25, 0.3) is 0 Å². The maximum absolute atomic E-state index is 5.84. The standard InChI is InChI=1S/C13H11ClN2/c14-11-5-6-13(15-9-11)16-8-7-10-3-1-2-4-12(10)16/h1-6,9H,7-8H2. The van der Waals surface area contributed by atoms with Crippen LogP contribution in [0.2, 0.25) is 5.02 Å². The van der Waals surface area contributed by atoms with Crippen LogP contribution in [0.4, 0.5) is 11.5 Å². The van der Waals surface area contributed by atoms with Gasteiger partial charge in [-0.05, 0) is 30.2 Å². The summed E-state index contributed by atoms with van der Waals surface area (Å²) in [6, 6.07) is 12.3. The third-order valence-electron chi connectivity index (χ3n) is 2.88. The van der Waals surface area contributed by atoms with E-state index in [1.165, 1.54) is 11.3 Å². The molecule has 0 saturated heterocycles. The summed E-state index contributed by atoms with van der Waals surface area (Å²) in [5, 5.41) is 0.677. The van der Waals surface area contributed by atoms with Crippen molar-refractivity contribution in [2.75, 3.05) is 11.4 Å². The van der Waals surface area contributed by atoms with Crippen molar-refractivity contribution >= 4 is 23.1 Å². The van der Waals surface area contributed by atoms with Gasteiger partial charge in [-0.25, -0.2) is 4.98 Å². The first kappa shape index (κ1) is 9.67. The van der Waals surface area contributed by atoms with E-state index < -0.39 is 0 Å². The van der Waals surface area contributed by atoms with Crippen LogP contribution in [0, 0.1) is 0 Å². The first-order chi connectivity index (χ1) is 7.84. The van der Waals surface area contributed by atoms with Crippen LogP contribution in [0.1, 0.15) is 5.56 Å². The predicted molar refractivity (Wildman–Crippen MR) is 66.4 cm³/mol. The molecule has 2 nitrogen and oxygen atoms in total. The molecule has 1 aromatic carbocycles. The molecule has 0 aliphatic carbocycles. The molecule has 16 heavy (non-hydrogen) atoms. The Balaban J connectivity index is 2.01. The van der Waals surface area contributed by atoms with Crippen molar-refractivity contribution < 1.29 is 0 Å². The second kappa shape index (κ2) is 3.80. The molecule has 1 aliphatic rings. The number of pyridine rings is 1. The van der Waals surface area contributed by atoms with Crippen molar-refractivity contribution in [3.63, 3.8) is 0 Å². The molecule has 0 unspecified atom stereocenters. The fraction of sp³-hybridized carbons (Fsp3) is 0.154. The molecule has 0 N–H and O–H groups in total. The number of para-hydroxylation sites is 1. The molecule has 0 atom stereocenters. The number of rotatable bonds is 1. The SMILES string of the molecule is Clc1ccc(N2CCc3ccccc32)nc1. The van der Waals surface area contributed by atoms with Gasteiger partial charge in [-0.1, -0.05) is 29.8 Å². The number of anilines is 2.